The first-order chi connectivity index (χ1) is 9.08. The van der Waals surface area contributed by atoms with E-state index < -0.39 is 10.7 Å². The quantitative estimate of drug-likeness (QED) is 0.680. The van der Waals surface area contributed by atoms with E-state index in [0.29, 0.717) is 6.54 Å². The van der Waals surface area contributed by atoms with Crippen molar-refractivity contribution in [3.63, 3.8) is 0 Å². The molecule has 0 amide bonds. The van der Waals surface area contributed by atoms with Crippen LogP contribution >= 0.6 is 15.9 Å². The Bertz CT molecular complexity index is 619. The van der Waals surface area contributed by atoms with Crippen LogP contribution in [0, 0.1) is 15.9 Å². The van der Waals surface area contributed by atoms with E-state index in [1.807, 2.05) is 24.3 Å². The average molecular weight is 325 g/mol. The SMILES string of the molecule is O=[N+]([O-])c1ccc(NCc2ccccc2Br)c(F)c1. The summed E-state index contributed by atoms with van der Waals surface area (Å²) in [5.41, 5.74) is 0.950. The molecule has 1 N–H and O–H groups in total. The van der Waals surface area contributed by atoms with Crippen molar-refractivity contribution in [3.05, 3.63) is 68.4 Å². The van der Waals surface area contributed by atoms with Crippen LogP contribution in [0.3, 0.4) is 0 Å². The molecule has 0 heterocycles. The molecule has 0 saturated heterocycles. The highest BCUT2D eigenvalue weighted by Gasteiger charge is 2.10. The van der Waals surface area contributed by atoms with E-state index in [1.54, 1.807) is 0 Å². The molecular weight excluding hydrogens is 315 g/mol. The number of non-ortho nitro benzene ring substituents is 1. The normalized spacial score (nSPS) is 10.2. The fourth-order valence-electron chi connectivity index (χ4n) is 1.59. The molecule has 98 valence electrons. The molecule has 0 aliphatic heterocycles. The van der Waals surface area contributed by atoms with Crippen LogP contribution in [0.1, 0.15) is 5.56 Å². The maximum atomic E-state index is 13.6. The van der Waals surface area contributed by atoms with Crippen molar-refractivity contribution in [3.8, 4) is 0 Å². The summed E-state index contributed by atoms with van der Waals surface area (Å²) in [4.78, 5) is 9.88. The Morgan fingerprint density at radius 3 is 2.63 bits per heavy atom. The minimum atomic E-state index is -0.638. The van der Waals surface area contributed by atoms with E-state index in [9.17, 15) is 14.5 Å². The lowest BCUT2D eigenvalue weighted by Crippen LogP contribution is -2.02. The van der Waals surface area contributed by atoms with Gasteiger partial charge in [0.2, 0.25) is 0 Å². The zero-order valence-corrected chi connectivity index (χ0v) is 11.4. The number of hydrogen-bond acceptors (Lipinski definition) is 3. The first kappa shape index (κ1) is 13.5. The maximum Gasteiger partial charge on any atom is 0.272 e. The van der Waals surface area contributed by atoms with Crippen LogP contribution in [0.15, 0.2) is 46.9 Å². The van der Waals surface area contributed by atoms with E-state index in [0.717, 1.165) is 16.1 Å². The molecule has 0 aliphatic carbocycles. The summed E-state index contributed by atoms with van der Waals surface area (Å²) in [6.45, 7) is 0.427. The number of benzene rings is 2. The number of hydrogen-bond donors (Lipinski definition) is 1. The first-order valence-electron chi connectivity index (χ1n) is 5.49. The summed E-state index contributed by atoms with van der Waals surface area (Å²) in [6.07, 6.45) is 0. The summed E-state index contributed by atoms with van der Waals surface area (Å²) in [5.74, 6) is -0.638. The van der Waals surface area contributed by atoms with Gasteiger partial charge >= 0.3 is 0 Å². The maximum absolute atomic E-state index is 13.6. The fraction of sp³-hybridized carbons (Fsp3) is 0.0769. The molecule has 0 saturated carbocycles. The Morgan fingerprint density at radius 2 is 2.00 bits per heavy atom. The van der Waals surface area contributed by atoms with E-state index in [2.05, 4.69) is 21.2 Å². The molecule has 0 unspecified atom stereocenters. The number of nitro benzene ring substituents is 1. The van der Waals surface area contributed by atoms with Crippen LogP contribution < -0.4 is 5.32 Å². The molecule has 2 rings (SSSR count). The number of anilines is 1. The highest BCUT2D eigenvalue weighted by atomic mass is 79.9. The molecule has 0 aliphatic rings. The van der Waals surface area contributed by atoms with Gasteiger partial charge in [0.1, 0.15) is 0 Å². The largest absolute Gasteiger partial charge is 0.379 e. The lowest BCUT2D eigenvalue weighted by atomic mass is 10.2. The van der Waals surface area contributed by atoms with Crippen molar-refractivity contribution in [1.82, 2.24) is 0 Å². The molecule has 19 heavy (non-hydrogen) atoms. The Balaban J connectivity index is 2.12. The van der Waals surface area contributed by atoms with Crippen molar-refractivity contribution in [2.45, 2.75) is 6.54 Å². The van der Waals surface area contributed by atoms with Crippen molar-refractivity contribution in [2.24, 2.45) is 0 Å². The molecule has 2 aromatic carbocycles. The average Bonchev–Trinajstić information content (AvgIpc) is 2.39. The zero-order valence-electron chi connectivity index (χ0n) is 9.77. The molecule has 6 heteroatoms. The smallest absolute Gasteiger partial charge is 0.272 e. The van der Waals surface area contributed by atoms with Crippen LogP contribution in [0.25, 0.3) is 0 Å². The van der Waals surface area contributed by atoms with Crippen LogP contribution in [0.4, 0.5) is 15.8 Å². The summed E-state index contributed by atoms with van der Waals surface area (Å²) >= 11 is 3.40. The van der Waals surface area contributed by atoms with Gasteiger partial charge in [-0.25, -0.2) is 4.39 Å². The van der Waals surface area contributed by atoms with Gasteiger partial charge in [-0.05, 0) is 17.7 Å². The summed E-state index contributed by atoms with van der Waals surface area (Å²) < 4.78 is 14.6. The molecule has 0 fully saturated rings. The Morgan fingerprint density at radius 1 is 1.26 bits per heavy atom. The second-order valence-electron chi connectivity index (χ2n) is 3.87. The van der Waals surface area contributed by atoms with Gasteiger partial charge in [-0.1, -0.05) is 34.1 Å². The summed E-state index contributed by atoms with van der Waals surface area (Å²) in [5, 5.41) is 13.4. The number of nitrogens with zero attached hydrogens (tertiary/aromatic N) is 1. The van der Waals surface area contributed by atoms with Gasteiger partial charge in [0, 0.05) is 17.1 Å². The third kappa shape index (κ3) is 3.29. The minimum absolute atomic E-state index is 0.237. The molecule has 0 aromatic heterocycles. The van der Waals surface area contributed by atoms with E-state index in [4.69, 9.17) is 0 Å². The van der Waals surface area contributed by atoms with Gasteiger partial charge in [-0.15, -0.1) is 0 Å². The number of rotatable bonds is 4. The molecule has 0 bridgehead atoms. The number of halogens is 2. The highest BCUT2D eigenvalue weighted by molar-refractivity contribution is 9.10. The topological polar surface area (TPSA) is 55.2 Å². The predicted octanol–water partition coefficient (Wildman–Crippen LogP) is 4.11. The van der Waals surface area contributed by atoms with Crippen LogP contribution in [0.2, 0.25) is 0 Å². The Kier molecular flexibility index (Phi) is 4.11. The van der Waals surface area contributed by atoms with Gasteiger partial charge in [0.15, 0.2) is 5.82 Å². The predicted molar refractivity (Wildman–Crippen MR) is 74.5 cm³/mol. The number of nitro groups is 1. The van der Waals surface area contributed by atoms with E-state index in [-0.39, 0.29) is 11.4 Å². The zero-order chi connectivity index (χ0) is 13.8. The molecule has 0 spiro atoms. The fourth-order valence-corrected chi connectivity index (χ4v) is 2.02. The standard InChI is InChI=1S/C13H10BrFN2O2/c14-11-4-2-1-3-9(11)8-16-13-6-5-10(17(18)19)7-12(13)15/h1-7,16H,8H2. The first-order valence-corrected chi connectivity index (χ1v) is 6.28. The van der Waals surface area contributed by atoms with Gasteiger partial charge in [0.25, 0.3) is 5.69 Å². The van der Waals surface area contributed by atoms with Crippen LogP contribution in [0.5, 0.6) is 0 Å². The minimum Gasteiger partial charge on any atom is -0.379 e. The van der Waals surface area contributed by atoms with Crippen molar-refractivity contribution >= 4 is 27.3 Å². The molecule has 0 radical (unpaired) electrons. The van der Waals surface area contributed by atoms with Crippen molar-refractivity contribution in [2.75, 3.05) is 5.32 Å². The second-order valence-corrected chi connectivity index (χ2v) is 4.72. The lowest BCUT2D eigenvalue weighted by molar-refractivity contribution is -0.385. The second kappa shape index (κ2) is 5.79. The monoisotopic (exact) mass is 324 g/mol. The van der Waals surface area contributed by atoms with Crippen molar-refractivity contribution < 1.29 is 9.31 Å². The molecule has 4 nitrogen and oxygen atoms in total. The molecule has 2 aromatic rings. The van der Waals surface area contributed by atoms with Crippen LogP contribution in [-0.2, 0) is 6.54 Å². The molecular formula is C13H10BrFN2O2. The third-order valence-corrected chi connectivity index (χ3v) is 3.36. The number of nitrogens with one attached hydrogen (secondary N) is 1. The third-order valence-electron chi connectivity index (χ3n) is 2.59. The van der Waals surface area contributed by atoms with Gasteiger partial charge in [-0.2, -0.15) is 0 Å². The summed E-state index contributed by atoms with van der Waals surface area (Å²) in [7, 11) is 0. The van der Waals surface area contributed by atoms with E-state index >= 15 is 0 Å². The summed E-state index contributed by atoms with van der Waals surface area (Å²) in [6, 6.07) is 11.1. The van der Waals surface area contributed by atoms with Crippen molar-refractivity contribution in [1.29, 1.82) is 0 Å². The van der Waals surface area contributed by atoms with Gasteiger partial charge in [0.05, 0.1) is 16.7 Å². The lowest BCUT2D eigenvalue weighted by Gasteiger charge is -2.08. The van der Waals surface area contributed by atoms with Gasteiger partial charge < -0.3 is 5.32 Å². The van der Waals surface area contributed by atoms with E-state index in [1.165, 1.54) is 12.1 Å². The van der Waals surface area contributed by atoms with Crippen LogP contribution in [-0.4, -0.2) is 4.92 Å². The Hall–Kier alpha value is -1.95. The highest BCUT2D eigenvalue weighted by Crippen LogP contribution is 2.22. The Labute approximate surface area is 117 Å². The molecule has 0 atom stereocenters. The van der Waals surface area contributed by atoms with Gasteiger partial charge in [-0.3, -0.25) is 10.1 Å².